The molecular formula is C20H25N3O3. The maximum absolute atomic E-state index is 12.3. The molecule has 0 saturated carbocycles. The van der Waals surface area contributed by atoms with Crippen LogP contribution in [0.4, 0.5) is 0 Å². The summed E-state index contributed by atoms with van der Waals surface area (Å²) in [6.07, 6.45) is 7.48. The number of nitrogens with zero attached hydrogens (tertiary/aromatic N) is 3. The van der Waals surface area contributed by atoms with Crippen molar-refractivity contribution in [3.05, 3.63) is 42.0 Å². The van der Waals surface area contributed by atoms with Gasteiger partial charge in [0, 0.05) is 44.4 Å². The van der Waals surface area contributed by atoms with Gasteiger partial charge in [-0.1, -0.05) is 13.0 Å². The summed E-state index contributed by atoms with van der Waals surface area (Å²) in [5, 5.41) is 0. The summed E-state index contributed by atoms with van der Waals surface area (Å²) in [6, 6.07) is 6.09. The highest BCUT2D eigenvalue weighted by Crippen LogP contribution is 2.33. The Morgan fingerprint density at radius 1 is 1.23 bits per heavy atom. The van der Waals surface area contributed by atoms with Gasteiger partial charge in [-0.2, -0.15) is 0 Å². The molecule has 0 bridgehead atoms. The van der Waals surface area contributed by atoms with Gasteiger partial charge in [0.1, 0.15) is 5.82 Å². The minimum Gasteiger partial charge on any atom is -0.454 e. The third-order valence-electron chi connectivity index (χ3n) is 5.19. The van der Waals surface area contributed by atoms with E-state index in [0.29, 0.717) is 19.8 Å². The van der Waals surface area contributed by atoms with Crippen molar-refractivity contribution in [3.63, 3.8) is 0 Å². The molecule has 2 aromatic rings. The SMILES string of the molecule is CC(Cc1ccc2c(c1)OCO2)c1nccn1CCC(=O)N1CCCC1. The fourth-order valence-corrected chi connectivity index (χ4v) is 3.79. The van der Waals surface area contributed by atoms with Gasteiger partial charge in [-0.3, -0.25) is 4.79 Å². The van der Waals surface area contributed by atoms with Crippen molar-refractivity contribution in [1.29, 1.82) is 0 Å². The molecule has 0 radical (unpaired) electrons. The minimum absolute atomic E-state index is 0.255. The van der Waals surface area contributed by atoms with E-state index in [1.807, 2.05) is 29.4 Å². The van der Waals surface area contributed by atoms with Gasteiger partial charge in [-0.15, -0.1) is 0 Å². The average Bonchev–Trinajstić information content (AvgIpc) is 3.40. The van der Waals surface area contributed by atoms with E-state index in [9.17, 15) is 4.79 Å². The molecule has 1 atom stereocenters. The molecule has 1 unspecified atom stereocenters. The van der Waals surface area contributed by atoms with Crippen LogP contribution in [0.3, 0.4) is 0 Å². The van der Waals surface area contributed by atoms with Gasteiger partial charge in [0.2, 0.25) is 12.7 Å². The number of aromatic nitrogens is 2. The third-order valence-corrected chi connectivity index (χ3v) is 5.19. The highest BCUT2D eigenvalue weighted by molar-refractivity contribution is 5.76. The smallest absolute Gasteiger partial charge is 0.231 e. The summed E-state index contributed by atoms with van der Waals surface area (Å²) < 4.78 is 13.0. The summed E-state index contributed by atoms with van der Waals surface area (Å²) in [5.74, 6) is 3.16. The van der Waals surface area contributed by atoms with E-state index >= 15 is 0 Å². The zero-order valence-electron chi connectivity index (χ0n) is 15.2. The maximum Gasteiger partial charge on any atom is 0.231 e. The number of likely N-dealkylation sites (tertiary alicyclic amines) is 1. The Labute approximate surface area is 153 Å². The first-order valence-corrected chi connectivity index (χ1v) is 9.38. The molecule has 1 aromatic carbocycles. The van der Waals surface area contributed by atoms with Gasteiger partial charge in [-0.25, -0.2) is 4.98 Å². The van der Waals surface area contributed by atoms with Crippen molar-refractivity contribution >= 4 is 5.91 Å². The van der Waals surface area contributed by atoms with Crippen LogP contribution in [0.15, 0.2) is 30.6 Å². The van der Waals surface area contributed by atoms with Gasteiger partial charge in [-0.05, 0) is 37.0 Å². The van der Waals surface area contributed by atoms with Crippen molar-refractivity contribution in [2.75, 3.05) is 19.9 Å². The Bertz CT molecular complexity index is 780. The molecule has 1 saturated heterocycles. The molecule has 0 spiro atoms. The van der Waals surface area contributed by atoms with Gasteiger partial charge < -0.3 is 18.9 Å². The molecule has 4 rings (SSSR count). The summed E-state index contributed by atoms with van der Waals surface area (Å²) >= 11 is 0. The number of carbonyl (C=O) groups is 1. The Kier molecular flexibility index (Phi) is 4.82. The number of hydrogen-bond donors (Lipinski definition) is 0. The van der Waals surface area contributed by atoms with E-state index in [-0.39, 0.29) is 11.8 Å². The monoisotopic (exact) mass is 355 g/mol. The summed E-state index contributed by atoms with van der Waals surface area (Å²) in [7, 11) is 0. The molecule has 2 aliphatic rings. The molecule has 1 amide bonds. The Balaban J connectivity index is 1.38. The van der Waals surface area contributed by atoms with Gasteiger partial charge in [0.15, 0.2) is 11.5 Å². The number of hydrogen-bond acceptors (Lipinski definition) is 4. The van der Waals surface area contributed by atoms with Crippen molar-refractivity contribution in [3.8, 4) is 11.5 Å². The fourth-order valence-electron chi connectivity index (χ4n) is 3.79. The van der Waals surface area contributed by atoms with Crippen LogP contribution in [-0.4, -0.2) is 40.2 Å². The number of aryl methyl sites for hydroxylation is 1. The van der Waals surface area contributed by atoms with Crippen molar-refractivity contribution < 1.29 is 14.3 Å². The second-order valence-corrected chi connectivity index (χ2v) is 7.11. The summed E-state index contributed by atoms with van der Waals surface area (Å²) in [4.78, 5) is 18.8. The van der Waals surface area contributed by atoms with Crippen molar-refractivity contribution in [1.82, 2.24) is 14.5 Å². The normalized spacial score (nSPS) is 16.9. The van der Waals surface area contributed by atoms with E-state index in [0.717, 1.165) is 49.7 Å². The standard InChI is InChI=1S/C20H25N3O3/c1-15(12-16-4-5-17-18(13-16)26-14-25-17)20-21-7-11-23(20)10-6-19(24)22-8-2-3-9-22/h4-5,7,11,13,15H,2-3,6,8-10,12,14H2,1H3. The van der Waals surface area contributed by atoms with Gasteiger partial charge in [0.05, 0.1) is 0 Å². The van der Waals surface area contributed by atoms with E-state index in [1.165, 1.54) is 5.56 Å². The number of rotatable bonds is 6. The molecule has 3 heterocycles. The highest BCUT2D eigenvalue weighted by atomic mass is 16.7. The lowest BCUT2D eigenvalue weighted by molar-refractivity contribution is -0.130. The molecule has 26 heavy (non-hydrogen) atoms. The predicted octanol–water partition coefficient (Wildman–Crippen LogP) is 2.97. The zero-order valence-corrected chi connectivity index (χ0v) is 15.2. The van der Waals surface area contributed by atoms with Crippen LogP contribution in [0.5, 0.6) is 11.5 Å². The lowest BCUT2D eigenvalue weighted by atomic mass is 10.00. The zero-order chi connectivity index (χ0) is 17.9. The topological polar surface area (TPSA) is 56.6 Å². The summed E-state index contributed by atoms with van der Waals surface area (Å²) in [5.41, 5.74) is 1.20. The first kappa shape index (κ1) is 16.9. The molecule has 1 fully saturated rings. The second-order valence-electron chi connectivity index (χ2n) is 7.11. The molecule has 1 aromatic heterocycles. The molecule has 0 aliphatic carbocycles. The highest BCUT2D eigenvalue weighted by Gasteiger charge is 2.20. The van der Waals surface area contributed by atoms with Crippen LogP contribution >= 0.6 is 0 Å². The number of benzene rings is 1. The number of carbonyl (C=O) groups excluding carboxylic acids is 1. The second kappa shape index (κ2) is 7.40. The van der Waals surface area contributed by atoms with Crippen molar-refractivity contribution in [2.24, 2.45) is 0 Å². The molecule has 0 N–H and O–H groups in total. The van der Waals surface area contributed by atoms with Gasteiger partial charge in [0.25, 0.3) is 0 Å². The van der Waals surface area contributed by atoms with Crippen LogP contribution in [-0.2, 0) is 17.8 Å². The lowest BCUT2D eigenvalue weighted by Gasteiger charge is -2.17. The first-order valence-electron chi connectivity index (χ1n) is 9.38. The maximum atomic E-state index is 12.3. The molecule has 6 heteroatoms. The minimum atomic E-state index is 0.255. The van der Waals surface area contributed by atoms with E-state index in [1.54, 1.807) is 0 Å². The first-order chi connectivity index (χ1) is 12.7. The number of ether oxygens (including phenoxy) is 2. The van der Waals surface area contributed by atoms with Crippen LogP contribution < -0.4 is 9.47 Å². The Hall–Kier alpha value is -2.50. The van der Waals surface area contributed by atoms with Crippen LogP contribution in [0.2, 0.25) is 0 Å². The predicted molar refractivity (Wildman–Crippen MR) is 97.3 cm³/mol. The fraction of sp³-hybridized carbons (Fsp3) is 0.500. The lowest BCUT2D eigenvalue weighted by Crippen LogP contribution is -2.28. The van der Waals surface area contributed by atoms with Crippen LogP contribution in [0.1, 0.15) is 43.5 Å². The largest absolute Gasteiger partial charge is 0.454 e. The van der Waals surface area contributed by atoms with Crippen molar-refractivity contribution in [2.45, 2.75) is 45.1 Å². The summed E-state index contributed by atoms with van der Waals surface area (Å²) in [6.45, 7) is 4.98. The third kappa shape index (κ3) is 3.54. The Morgan fingerprint density at radius 3 is 2.88 bits per heavy atom. The molecule has 6 nitrogen and oxygen atoms in total. The molecule has 2 aliphatic heterocycles. The van der Waals surface area contributed by atoms with Crippen LogP contribution in [0.25, 0.3) is 0 Å². The molecular weight excluding hydrogens is 330 g/mol. The van der Waals surface area contributed by atoms with E-state index in [2.05, 4.69) is 22.5 Å². The number of imidazole rings is 1. The average molecular weight is 355 g/mol. The quantitative estimate of drug-likeness (QED) is 0.799. The van der Waals surface area contributed by atoms with E-state index < -0.39 is 0 Å². The number of fused-ring (bicyclic) bond motifs is 1. The number of amides is 1. The van der Waals surface area contributed by atoms with E-state index in [4.69, 9.17) is 9.47 Å². The Morgan fingerprint density at radius 2 is 2.04 bits per heavy atom. The van der Waals surface area contributed by atoms with Crippen LogP contribution in [0, 0.1) is 0 Å². The van der Waals surface area contributed by atoms with Gasteiger partial charge >= 0.3 is 0 Å². The molecule has 138 valence electrons.